The predicted octanol–water partition coefficient (Wildman–Crippen LogP) is 3.21. The number of fused-ring (bicyclic) bond motifs is 1. The van der Waals surface area contributed by atoms with Gasteiger partial charge >= 0.3 is 0 Å². The number of anilines is 3. The quantitative estimate of drug-likeness (QED) is 0.482. The number of carbonyl (C=O) groups is 2. The Morgan fingerprint density at radius 2 is 1.77 bits per heavy atom. The van der Waals surface area contributed by atoms with Crippen molar-refractivity contribution in [3.05, 3.63) is 54.0 Å². The van der Waals surface area contributed by atoms with Crippen LogP contribution in [0.2, 0.25) is 0 Å². The summed E-state index contributed by atoms with van der Waals surface area (Å²) in [5.74, 6) is -2.29. The molecule has 1 aromatic carbocycles. The number of pyridine rings is 2. The second-order valence-corrected chi connectivity index (χ2v) is 7.75. The highest BCUT2D eigenvalue weighted by Gasteiger charge is 2.39. The van der Waals surface area contributed by atoms with Gasteiger partial charge in [-0.05, 0) is 31.0 Å². The molecule has 6 N–H and O–H groups in total. The van der Waals surface area contributed by atoms with E-state index in [1.165, 1.54) is 0 Å². The van der Waals surface area contributed by atoms with Gasteiger partial charge in [-0.15, -0.1) is 0 Å². The molecular formula is C22H23FN6O2. The molecule has 9 heteroatoms. The first kappa shape index (κ1) is 20.5. The van der Waals surface area contributed by atoms with Gasteiger partial charge in [0.25, 0.3) is 5.91 Å². The Kier molecular flexibility index (Phi) is 5.41. The molecular weight excluding hydrogens is 399 g/mol. The third kappa shape index (κ3) is 4.11. The number of carbonyl (C=O) groups excluding carboxylic acids is 2. The number of amides is 2. The Morgan fingerprint density at radius 1 is 1.03 bits per heavy atom. The van der Waals surface area contributed by atoms with Gasteiger partial charge in [-0.2, -0.15) is 0 Å². The van der Waals surface area contributed by atoms with Crippen LogP contribution in [0.15, 0.2) is 42.6 Å². The number of nitrogens with two attached hydrogens (primary N) is 2. The lowest BCUT2D eigenvalue weighted by Crippen LogP contribution is -2.52. The molecule has 1 saturated carbocycles. The van der Waals surface area contributed by atoms with E-state index in [9.17, 15) is 14.0 Å². The summed E-state index contributed by atoms with van der Waals surface area (Å²) >= 11 is 0. The summed E-state index contributed by atoms with van der Waals surface area (Å²) in [4.78, 5) is 32.7. The highest BCUT2D eigenvalue weighted by Crippen LogP contribution is 2.33. The Labute approximate surface area is 178 Å². The van der Waals surface area contributed by atoms with E-state index < -0.39 is 23.2 Å². The summed E-state index contributed by atoms with van der Waals surface area (Å²) in [5, 5.41) is 6.79. The second kappa shape index (κ2) is 8.17. The zero-order valence-corrected chi connectivity index (χ0v) is 16.8. The highest BCUT2D eigenvalue weighted by atomic mass is 19.1. The Balaban J connectivity index is 1.72. The van der Waals surface area contributed by atoms with Gasteiger partial charge < -0.3 is 22.1 Å². The fourth-order valence-corrected chi connectivity index (χ4v) is 3.95. The summed E-state index contributed by atoms with van der Waals surface area (Å²) in [6, 6.07) is 10.4. The summed E-state index contributed by atoms with van der Waals surface area (Å²) in [6.07, 6.45) is 5.12. The van der Waals surface area contributed by atoms with Gasteiger partial charge in [-0.1, -0.05) is 37.5 Å². The number of halogens is 1. The van der Waals surface area contributed by atoms with E-state index in [1.54, 1.807) is 6.20 Å². The molecule has 0 radical (unpaired) electrons. The number of nitrogens with zero attached hydrogens (tertiary/aromatic N) is 2. The summed E-state index contributed by atoms with van der Waals surface area (Å²) in [5.41, 5.74) is 11.2. The predicted molar refractivity (Wildman–Crippen MR) is 116 cm³/mol. The lowest BCUT2D eigenvalue weighted by atomic mass is 9.81. The van der Waals surface area contributed by atoms with E-state index in [-0.39, 0.29) is 17.2 Å². The average Bonchev–Trinajstić information content (AvgIpc) is 2.76. The number of primary amides is 2. The van der Waals surface area contributed by atoms with Crippen LogP contribution in [0.25, 0.3) is 10.9 Å². The maximum Gasteiger partial charge on any atom is 0.252 e. The van der Waals surface area contributed by atoms with Gasteiger partial charge in [-0.3, -0.25) is 14.6 Å². The molecule has 31 heavy (non-hydrogen) atoms. The zero-order chi connectivity index (χ0) is 22.0. The minimum absolute atomic E-state index is 0.0592. The maximum atomic E-state index is 14.8. The molecule has 3 aromatic rings. The van der Waals surface area contributed by atoms with Crippen LogP contribution < -0.4 is 22.1 Å². The van der Waals surface area contributed by atoms with E-state index in [0.717, 1.165) is 36.2 Å². The largest absolute Gasteiger partial charge is 0.368 e. The van der Waals surface area contributed by atoms with Gasteiger partial charge in [-0.25, -0.2) is 9.37 Å². The van der Waals surface area contributed by atoms with Crippen molar-refractivity contribution in [1.29, 1.82) is 0 Å². The number of para-hydroxylation sites is 1. The van der Waals surface area contributed by atoms with E-state index in [2.05, 4.69) is 20.6 Å². The van der Waals surface area contributed by atoms with Crippen LogP contribution in [0.3, 0.4) is 0 Å². The number of nitrogens with one attached hydrogen (secondary N) is 2. The van der Waals surface area contributed by atoms with Crippen LogP contribution in [0.1, 0.15) is 42.5 Å². The Hall–Kier alpha value is -3.75. The Morgan fingerprint density at radius 3 is 2.48 bits per heavy atom. The van der Waals surface area contributed by atoms with Gasteiger partial charge in [0, 0.05) is 5.39 Å². The number of hydrogen-bond acceptors (Lipinski definition) is 6. The van der Waals surface area contributed by atoms with Crippen molar-refractivity contribution in [3.8, 4) is 0 Å². The molecule has 0 saturated heterocycles. The van der Waals surface area contributed by atoms with Gasteiger partial charge in [0.05, 0.1) is 23.0 Å². The third-order valence-electron chi connectivity index (χ3n) is 5.63. The smallest absolute Gasteiger partial charge is 0.252 e. The van der Waals surface area contributed by atoms with Crippen molar-refractivity contribution in [3.63, 3.8) is 0 Å². The minimum Gasteiger partial charge on any atom is -0.368 e. The van der Waals surface area contributed by atoms with Gasteiger partial charge in [0.1, 0.15) is 11.4 Å². The molecule has 0 aliphatic heterocycles. The van der Waals surface area contributed by atoms with Crippen LogP contribution in [0.5, 0.6) is 0 Å². The lowest BCUT2D eigenvalue weighted by Gasteiger charge is -2.35. The fourth-order valence-electron chi connectivity index (χ4n) is 3.95. The standard InChI is InChI=1S/C22H23FN6O2/c23-16-11-15(18(24)30)19(27-14-10-13-6-2-3-7-17(13)26-12-14)28-20(16)29-22(21(25)31)8-4-1-5-9-22/h2-3,6-7,10-12H,1,4-5,8-9H2,(H2,24,30)(H2,25,31)(H2,27,28,29). The summed E-state index contributed by atoms with van der Waals surface area (Å²) < 4.78 is 14.8. The first-order chi connectivity index (χ1) is 14.9. The van der Waals surface area contributed by atoms with Crippen LogP contribution in [0.4, 0.5) is 21.7 Å². The minimum atomic E-state index is -1.08. The van der Waals surface area contributed by atoms with E-state index >= 15 is 0 Å². The SMILES string of the molecule is NC(=O)c1cc(F)c(NC2(C(N)=O)CCCCC2)nc1Nc1cnc2ccccc2c1. The number of hydrogen-bond donors (Lipinski definition) is 4. The molecule has 2 amide bonds. The molecule has 2 aromatic heterocycles. The monoisotopic (exact) mass is 422 g/mol. The maximum absolute atomic E-state index is 14.8. The normalized spacial score (nSPS) is 15.4. The first-order valence-corrected chi connectivity index (χ1v) is 10.1. The molecule has 8 nitrogen and oxygen atoms in total. The number of rotatable bonds is 6. The first-order valence-electron chi connectivity index (χ1n) is 10.1. The van der Waals surface area contributed by atoms with E-state index in [4.69, 9.17) is 11.5 Å². The molecule has 4 rings (SSSR count). The number of benzene rings is 1. The van der Waals surface area contributed by atoms with Crippen molar-refractivity contribution in [1.82, 2.24) is 9.97 Å². The average molecular weight is 422 g/mol. The summed E-state index contributed by atoms with van der Waals surface area (Å²) in [7, 11) is 0. The molecule has 2 heterocycles. The Bertz CT molecular complexity index is 1160. The summed E-state index contributed by atoms with van der Waals surface area (Å²) in [6.45, 7) is 0. The van der Waals surface area contributed by atoms with E-state index in [1.807, 2.05) is 30.3 Å². The van der Waals surface area contributed by atoms with Crippen LogP contribution in [-0.4, -0.2) is 27.3 Å². The van der Waals surface area contributed by atoms with Gasteiger partial charge in [0.2, 0.25) is 5.91 Å². The molecule has 1 aliphatic rings. The van der Waals surface area contributed by atoms with Crippen molar-refractivity contribution >= 4 is 40.0 Å². The van der Waals surface area contributed by atoms with E-state index in [0.29, 0.717) is 18.5 Å². The topological polar surface area (TPSA) is 136 Å². The highest BCUT2D eigenvalue weighted by molar-refractivity contribution is 5.99. The van der Waals surface area contributed by atoms with Crippen molar-refractivity contribution in [2.75, 3.05) is 10.6 Å². The molecule has 160 valence electrons. The molecule has 0 bridgehead atoms. The van der Waals surface area contributed by atoms with Crippen molar-refractivity contribution in [2.45, 2.75) is 37.6 Å². The van der Waals surface area contributed by atoms with Crippen LogP contribution in [-0.2, 0) is 4.79 Å². The third-order valence-corrected chi connectivity index (χ3v) is 5.63. The molecule has 0 spiro atoms. The fraction of sp³-hybridized carbons (Fsp3) is 0.273. The molecule has 1 aliphatic carbocycles. The molecule has 1 fully saturated rings. The molecule has 0 unspecified atom stereocenters. The van der Waals surface area contributed by atoms with Crippen molar-refractivity contribution in [2.24, 2.45) is 11.5 Å². The van der Waals surface area contributed by atoms with Crippen LogP contribution >= 0.6 is 0 Å². The number of aromatic nitrogens is 2. The van der Waals surface area contributed by atoms with Gasteiger partial charge in [0.15, 0.2) is 11.6 Å². The lowest BCUT2D eigenvalue weighted by molar-refractivity contribution is -0.123. The molecule has 0 atom stereocenters. The van der Waals surface area contributed by atoms with Crippen molar-refractivity contribution < 1.29 is 14.0 Å². The second-order valence-electron chi connectivity index (χ2n) is 7.75. The zero-order valence-electron chi connectivity index (χ0n) is 16.8. The van der Waals surface area contributed by atoms with Crippen LogP contribution in [0, 0.1) is 5.82 Å².